The first-order valence-electron chi connectivity index (χ1n) is 13.3. The molecule has 6 rings (SSSR count). The fourth-order valence-corrected chi connectivity index (χ4v) is 4.80. The summed E-state index contributed by atoms with van der Waals surface area (Å²) in [5.41, 5.74) is 7.94. The molecule has 6 aromatic rings. The number of aromatic nitrogens is 4. The van der Waals surface area contributed by atoms with Crippen LogP contribution in [-0.2, 0) is 7.05 Å². The lowest BCUT2D eigenvalue weighted by Gasteiger charge is -2.00. The molecule has 192 valence electrons. The van der Waals surface area contributed by atoms with E-state index in [9.17, 15) is 0 Å². The van der Waals surface area contributed by atoms with Crippen molar-refractivity contribution < 1.29 is 0 Å². The molecule has 4 nitrogen and oxygen atoms in total. The number of aryl methyl sites for hydroxylation is 1. The molecule has 4 heteroatoms. The van der Waals surface area contributed by atoms with Crippen LogP contribution in [0.1, 0.15) is 76.0 Å². The summed E-state index contributed by atoms with van der Waals surface area (Å²) < 4.78 is 4.11. The monoisotopic (exact) mass is 492 g/mol. The first-order chi connectivity index (χ1) is 17.8. The number of fused-ring (bicyclic) bond motifs is 3. The summed E-state index contributed by atoms with van der Waals surface area (Å²) in [5.74, 6) is 1.75. The van der Waals surface area contributed by atoms with Crippen LogP contribution < -0.4 is 0 Å². The van der Waals surface area contributed by atoms with Crippen LogP contribution in [0.5, 0.6) is 0 Å². The fourth-order valence-electron chi connectivity index (χ4n) is 4.80. The van der Waals surface area contributed by atoms with Crippen molar-refractivity contribution in [2.45, 2.75) is 59.3 Å². The fraction of sp³-hybridized carbons (Fsp3) is 0.303. The summed E-state index contributed by atoms with van der Waals surface area (Å²) in [6, 6.07) is 23.1. The van der Waals surface area contributed by atoms with Crippen molar-refractivity contribution in [3.05, 3.63) is 108 Å². The van der Waals surface area contributed by atoms with Gasteiger partial charge in [0, 0.05) is 53.0 Å². The Morgan fingerprint density at radius 1 is 0.649 bits per heavy atom. The third-order valence-electron chi connectivity index (χ3n) is 6.87. The number of hydrogen-bond acceptors (Lipinski definition) is 1. The third-order valence-corrected chi connectivity index (χ3v) is 6.87. The van der Waals surface area contributed by atoms with Gasteiger partial charge in [0.05, 0.1) is 11.7 Å². The Morgan fingerprint density at radius 3 is 1.95 bits per heavy atom. The lowest BCUT2D eigenvalue weighted by molar-refractivity contribution is 0.857. The second kappa shape index (κ2) is 11.5. The second-order valence-electron chi connectivity index (χ2n) is 10.6. The number of rotatable bonds is 3. The molecule has 0 radical (unpaired) electrons. The first-order valence-corrected chi connectivity index (χ1v) is 13.3. The summed E-state index contributed by atoms with van der Waals surface area (Å²) in [6.45, 7) is 13.3. The zero-order valence-electron chi connectivity index (χ0n) is 23.2. The summed E-state index contributed by atoms with van der Waals surface area (Å²) in [7, 11) is 2.11. The Bertz CT molecular complexity index is 1500. The SMILES string of the molecule is CC(C)c1c[nH]c2ccccc12.CC(C)c1cn(C)c2ccccc12.CC(C)c1cnn2ccccc12. The van der Waals surface area contributed by atoms with E-state index in [4.69, 9.17) is 0 Å². The molecule has 4 aromatic heterocycles. The zero-order valence-corrected chi connectivity index (χ0v) is 23.2. The molecule has 1 N–H and O–H groups in total. The molecule has 0 unspecified atom stereocenters. The normalized spacial score (nSPS) is 11.3. The van der Waals surface area contributed by atoms with Gasteiger partial charge >= 0.3 is 0 Å². The van der Waals surface area contributed by atoms with Crippen molar-refractivity contribution in [2.75, 3.05) is 0 Å². The highest BCUT2D eigenvalue weighted by molar-refractivity contribution is 5.84. The van der Waals surface area contributed by atoms with Crippen molar-refractivity contribution in [1.82, 2.24) is 19.2 Å². The van der Waals surface area contributed by atoms with Crippen LogP contribution in [0, 0.1) is 0 Å². The van der Waals surface area contributed by atoms with Crippen molar-refractivity contribution in [2.24, 2.45) is 7.05 Å². The standard InChI is InChI=1S/C12H15N.C11H13N.C10H12N2/c1-9(2)11-8-13(3)12-7-5-4-6-10(11)12;1-8(2)10-7-12-11-6-4-3-5-9(10)11;1-8(2)9-7-11-12-6-4-3-5-10(9)12/h4-9H,1-3H3;3-8,12H,1-2H3;3-8H,1-2H3. The van der Waals surface area contributed by atoms with E-state index >= 15 is 0 Å². The van der Waals surface area contributed by atoms with Gasteiger partial charge in [-0.1, -0.05) is 84.0 Å². The predicted octanol–water partition coefficient (Wildman–Crippen LogP) is 9.05. The van der Waals surface area contributed by atoms with Crippen LogP contribution in [0.15, 0.2) is 91.5 Å². The second-order valence-corrected chi connectivity index (χ2v) is 10.6. The van der Waals surface area contributed by atoms with Gasteiger partial charge in [0.1, 0.15) is 0 Å². The molecule has 0 fully saturated rings. The molecule has 0 aliphatic carbocycles. The molecule has 0 aliphatic heterocycles. The van der Waals surface area contributed by atoms with E-state index in [0.29, 0.717) is 17.8 Å². The maximum Gasteiger partial charge on any atom is 0.0696 e. The minimum Gasteiger partial charge on any atom is -0.361 e. The molecule has 0 aliphatic rings. The highest BCUT2D eigenvalue weighted by atomic mass is 15.2. The van der Waals surface area contributed by atoms with E-state index in [-0.39, 0.29) is 0 Å². The number of para-hydroxylation sites is 2. The number of hydrogen-bond donors (Lipinski definition) is 1. The van der Waals surface area contributed by atoms with Gasteiger partial charge in [-0.05, 0) is 53.1 Å². The van der Waals surface area contributed by atoms with Gasteiger partial charge in [0.25, 0.3) is 0 Å². The average molecular weight is 493 g/mol. The van der Waals surface area contributed by atoms with Gasteiger partial charge in [-0.15, -0.1) is 0 Å². The Kier molecular flexibility index (Phi) is 8.17. The molecule has 2 aromatic carbocycles. The minimum atomic E-state index is 0.546. The average Bonchev–Trinajstić information content (AvgIpc) is 3.60. The van der Waals surface area contributed by atoms with Gasteiger partial charge in [-0.3, -0.25) is 0 Å². The van der Waals surface area contributed by atoms with Crippen molar-refractivity contribution in [1.29, 1.82) is 0 Å². The van der Waals surface area contributed by atoms with Crippen LogP contribution in [-0.4, -0.2) is 19.2 Å². The molecule has 0 spiro atoms. The van der Waals surface area contributed by atoms with Crippen LogP contribution in [0.2, 0.25) is 0 Å². The molecular formula is C33H40N4. The predicted molar refractivity (Wildman–Crippen MR) is 159 cm³/mol. The molecule has 0 atom stereocenters. The quantitative estimate of drug-likeness (QED) is 0.263. The summed E-state index contributed by atoms with van der Waals surface area (Å²) >= 11 is 0. The third kappa shape index (κ3) is 5.80. The smallest absolute Gasteiger partial charge is 0.0696 e. The van der Waals surface area contributed by atoms with Gasteiger partial charge in [-0.25, -0.2) is 4.52 Å². The topological polar surface area (TPSA) is 38.0 Å². The Labute approximate surface area is 221 Å². The lowest BCUT2D eigenvalue weighted by atomic mass is 10.0. The highest BCUT2D eigenvalue weighted by Crippen LogP contribution is 2.26. The molecule has 0 saturated heterocycles. The van der Waals surface area contributed by atoms with Gasteiger partial charge in [0.15, 0.2) is 0 Å². The van der Waals surface area contributed by atoms with E-state index in [2.05, 4.69) is 130 Å². The van der Waals surface area contributed by atoms with E-state index in [1.165, 1.54) is 44.0 Å². The van der Waals surface area contributed by atoms with E-state index in [1.54, 1.807) is 0 Å². The Morgan fingerprint density at radius 2 is 1.24 bits per heavy atom. The highest BCUT2D eigenvalue weighted by Gasteiger charge is 2.08. The van der Waals surface area contributed by atoms with E-state index < -0.39 is 0 Å². The summed E-state index contributed by atoms with van der Waals surface area (Å²) in [4.78, 5) is 3.27. The van der Waals surface area contributed by atoms with E-state index in [1.807, 2.05) is 29.0 Å². The summed E-state index contributed by atoms with van der Waals surface area (Å²) in [5, 5.41) is 7.00. The molecule has 37 heavy (non-hydrogen) atoms. The molecule has 0 saturated carbocycles. The van der Waals surface area contributed by atoms with Crippen molar-refractivity contribution in [3.8, 4) is 0 Å². The number of aromatic amines is 1. The maximum absolute atomic E-state index is 4.26. The molecule has 4 heterocycles. The number of nitrogens with zero attached hydrogens (tertiary/aromatic N) is 3. The molecular weight excluding hydrogens is 452 g/mol. The van der Waals surface area contributed by atoms with Gasteiger partial charge in [0.2, 0.25) is 0 Å². The van der Waals surface area contributed by atoms with Crippen LogP contribution in [0.4, 0.5) is 0 Å². The molecule has 0 amide bonds. The lowest BCUT2D eigenvalue weighted by Crippen LogP contribution is -1.87. The maximum atomic E-state index is 4.26. The van der Waals surface area contributed by atoms with Crippen LogP contribution in [0.3, 0.4) is 0 Å². The first kappa shape index (κ1) is 26.3. The van der Waals surface area contributed by atoms with Crippen molar-refractivity contribution in [3.63, 3.8) is 0 Å². The zero-order chi connectivity index (χ0) is 26.5. The van der Waals surface area contributed by atoms with Crippen LogP contribution >= 0.6 is 0 Å². The number of pyridine rings is 1. The molecule has 0 bridgehead atoms. The number of nitrogens with one attached hydrogen (secondary N) is 1. The van der Waals surface area contributed by atoms with E-state index in [0.717, 1.165) is 0 Å². The Balaban J connectivity index is 0.000000130. The Hall–Kier alpha value is -3.79. The minimum absolute atomic E-state index is 0.546. The number of H-pyrrole nitrogens is 1. The van der Waals surface area contributed by atoms with Crippen molar-refractivity contribution >= 4 is 27.3 Å². The largest absolute Gasteiger partial charge is 0.361 e. The van der Waals surface area contributed by atoms with Gasteiger partial charge in [-0.2, -0.15) is 5.10 Å². The van der Waals surface area contributed by atoms with Gasteiger partial charge < -0.3 is 9.55 Å². The number of benzene rings is 2. The van der Waals surface area contributed by atoms with Crippen LogP contribution in [0.25, 0.3) is 27.3 Å². The summed E-state index contributed by atoms with van der Waals surface area (Å²) in [6.07, 6.45) is 8.26.